The molecule has 1 amide bonds. The van der Waals surface area contributed by atoms with E-state index in [-0.39, 0.29) is 11.9 Å². The van der Waals surface area contributed by atoms with Crippen molar-refractivity contribution >= 4 is 34.5 Å². The van der Waals surface area contributed by atoms with Gasteiger partial charge in [-0.15, -0.1) is 11.3 Å². The van der Waals surface area contributed by atoms with Crippen molar-refractivity contribution in [2.45, 2.75) is 39.7 Å². The maximum absolute atomic E-state index is 12.9. The monoisotopic (exact) mass is 438 g/mol. The van der Waals surface area contributed by atoms with E-state index in [1.807, 2.05) is 42.5 Å². The molecule has 1 N–H and O–H groups in total. The fourth-order valence-electron chi connectivity index (χ4n) is 4.42. The lowest BCUT2D eigenvalue weighted by atomic mass is 9.91. The molecule has 4 rings (SSSR count). The van der Waals surface area contributed by atoms with Gasteiger partial charge < -0.3 is 5.32 Å². The molecule has 0 saturated carbocycles. The lowest BCUT2D eigenvalue weighted by molar-refractivity contribution is -0.117. The standard InChI is InChI=1S/C25H27ClN2OS/c1-4-19-17(3)30-25-20(19)12-13-28(24(25)18-8-6-5-7-9-18)15-23(29)27-22-11-10-16(2)14-21(22)26/h5-11,14,24H,4,12-13,15H2,1-3H3,(H,27,29)/t24-/m0/s1. The fourth-order valence-corrected chi connectivity index (χ4v) is 6.17. The minimum Gasteiger partial charge on any atom is -0.324 e. The van der Waals surface area contributed by atoms with E-state index in [0.717, 1.165) is 24.9 Å². The number of hydrogen-bond donors (Lipinski definition) is 1. The van der Waals surface area contributed by atoms with Crippen LogP contribution in [0.25, 0.3) is 0 Å². The molecule has 0 radical (unpaired) electrons. The zero-order valence-electron chi connectivity index (χ0n) is 17.7. The second-order valence-electron chi connectivity index (χ2n) is 7.90. The number of hydrogen-bond acceptors (Lipinski definition) is 3. The highest BCUT2D eigenvalue weighted by Crippen LogP contribution is 2.42. The molecule has 1 aliphatic rings. The zero-order valence-corrected chi connectivity index (χ0v) is 19.2. The summed E-state index contributed by atoms with van der Waals surface area (Å²) in [4.78, 5) is 18.0. The molecule has 0 bridgehead atoms. The smallest absolute Gasteiger partial charge is 0.238 e. The summed E-state index contributed by atoms with van der Waals surface area (Å²) in [5.74, 6) is -0.0332. The van der Waals surface area contributed by atoms with E-state index in [1.54, 1.807) is 0 Å². The van der Waals surface area contributed by atoms with Crippen molar-refractivity contribution < 1.29 is 4.79 Å². The number of halogens is 1. The van der Waals surface area contributed by atoms with Gasteiger partial charge in [-0.05, 0) is 61.1 Å². The summed E-state index contributed by atoms with van der Waals surface area (Å²) in [5.41, 5.74) is 5.97. The summed E-state index contributed by atoms with van der Waals surface area (Å²) < 4.78 is 0. The van der Waals surface area contributed by atoms with Gasteiger partial charge in [0.15, 0.2) is 0 Å². The molecule has 1 aromatic heterocycles. The van der Waals surface area contributed by atoms with Crippen molar-refractivity contribution in [3.63, 3.8) is 0 Å². The number of anilines is 1. The Morgan fingerprint density at radius 2 is 1.97 bits per heavy atom. The highest BCUT2D eigenvalue weighted by Gasteiger charge is 2.33. The second kappa shape index (κ2) is 8.93. The van der Waals surface area contributed by atoms with Gasteiger partial charge in [-0.25, -0.2) is 0 Å². The molecule has 3 aromatic rings. The molecule has 0 saturated heterocycles. The number of amides is 1. The third kappa shape index (κ3) is 4.18. The highest BCUT2D eigenvalue weighted by atomic mass is 35.5. The van der Waals surface area contributed by atoms with Crippen LogP contribution in [0.1, 0.15) is 45.0 Å². The molecule has 5 heteroatoms. The number of thiophene rings is 1. The first-order valence-electron chi connectivity index (χ1n) is 10.4. The molecule has 3 nitrogen and oxygen atoms in total. The van der Waals surface area contributed by atoms with Gasteiger partial charge in [-0.1, -0.05) is 54.9 Å². The van der Waals surface area contributed by atoms with Gasteiger partial charge in [0.2, 0.25) is 5.91 Å². The maximum Gasteiger partial charge on any atom is 0.238 e. The van der Waals surface area contributed by atoms with Crippen molar-refractivity contribution in [1.82, 2.24) is 4.90 Å². The first-order chi connectivity index (χ1) is 14.5. The number of rotatable bonds is 5. The summed E-state index contributed by atoms with van der Waals surface area (Å²) in [5, 5.41) is 3.57. The summed E-state index contributed by atoms with van der Waals surface area (Å²) in [6.07, 6.45) is 2.05. The third-order valence-corrected chi connectivity index (χ3v) is 7.38. The molecule has 0 spiro atoms. The lowest BCUT2D eigenvalue weighted by Crippen LogP contribution is -2.40. The summed E-state index contributed by atoms with van der Waals surface area (Å²) in [6, 6.07) is 16.3. The number of nitrogens with zero attached hydrogens (tertiary/aromatic N) is 1. The Labute approximate surface area is 187 Å². The van der Waals surface area contributed by atoms with Gasteiger partial charge in [-0.2, -0.15) is 0 Å². The van der Waals surface area contributed by atoms with Gasteiger partial charge in [0.25, 0.3) is 0 Å². The lowest BCUT2D eigenvalue weighted by Gasteiger charge is -2.36. The zero-order chi connectivity index (χ0) is 21.3. The van der Waals surface area contributed by atoms with E-state index >= 15 is 0 Å². The molecule has 1 aliphatic heterocycles. The molecule has 0 unspecified atom stereocenters. The van der Waals surface area contributed by atoms with Crippen LogP contribution in [0.15, 0.2) is 48.5 Å². The topological polar surface area (TPSA) is 32.3 Å². The Hall–Kier alpha value is -2.14. The summed E-state index contributed by atoms with van der Waals surface area (Å²) in [7, 11) is 0. The van der Waals surface area contributed by atoms with Crippen molar-refractivity contribution in [3.8, 4) is 0 Å². The number of nitrogens with one attached hydrogen (secondary N) is 1. The highest BCUT2D eigenvalue weighted by molar-refractivity contribution is 7.12. The number of aryl methyl sites for hydroxylation is 2. The minimum atomic E-state index is -0.0332. The quantitative estimate of drug-likeness (QED) is 0.516. The van der Waals surface area contributed by atoms with Crippen LogP contribution in [-0.2, 0) is 17.6 Å². The van der Waals surface area contributed by atoms with E-state index in [4.69, 9.17) is 11.6 Å². The number of benzene rings is 2. The first-order valence-corrected chi connectivity index (χ1v) is 11.6. The summed E-state index contributed by atoms with van der Waals surface area (Å²) >= 11 is 8.21. The van der Waals surface area contributed by atoms with Gasteiger partial charge in [-0.3, -0.25) is 9.69 Å². The Bertz CT molecular complexity index is 1060. The minimum absolute atomic E-state index is 0.0332. The Balaban J connectivity index is 1.62. The molecular formula is C25H27ClN2OS. The van der Waals surface area contributed by atoms with Gasteiger partial charge in [0.1, 0.15) is 0 Å². The van der Waals surface area contributed by atoms with Crippen molar-refractivity contribution in [2.24, 2.45) is 0 Å². The van der Waals surface area contributed by atoms with Crippen LogP contribution in [0.2, 0.25) is 5.02 Å². The Morgan fingerprint density at radius 1 is 1.20 bits per heavy atom. The van der Waals surface area contributed by atoms with Crippen LogP contribution in [-0.4, -0.2) is 23.9 Å². The van der Waals surface area contributed by atoms with Gasteiger partial charge in [0, 0.05) is 16.3 Å². The Morgan fingerprint density at radius 3 is 2.67 bits per heavy atom. The van der Waals surface area contributed by atoms with E-state index in [2.05, 4.69) is 48.3 Å². The molecule has 0 aliphatic carbocycles. The molecular weight excluding hydrogens is 412 g/mol. The normalized spacial score (nSPS) is 16.3. The third-order valence-electron chi connectivity index (χ3n) is 5.83. The first kappa shape index (κ1) is 21.1. The average Bonchev–Trinajstić information content (AvgIpc) is 3.05. The molecule has 156 valence electrons. The SMILES string of the molecule is CCc1c(C)sc2c1CCN(CC(=O)Nc1ccc(C)cc1Cl)[C@H]2c1ccccc1. The largest absolute Gasteiger partial charge is 0.324 e. The van der Waals surface area contributed by atoms with E-state index in [9.17, 15) is 4.79 Å². The fraction of sp³-hybridized carbons (Fsp3) is 0.320. The predicted molar refractivity (Wildman–Crippen MR) is 127 cm³/mol. The average molecular weight is 439 g/mol. The van der Waals surface area contributed by atoms with E-state index in [0.29, 0.717) is 17.3 Å². The Kier molecular flexibility index (Phi) is 6.28. The van der Waals surface area contributed by atoms with Crippen LogP contribution in [0.4, 0.5) is 5.69 Å². The van der Waals surface area contributed by atoms with Crippen LogP contribution in [0, 0.1) is 13.8 Å². The predicted octanol–water partition coefficient (Wildman–Crippen LogP) is 6.17. The molecule has 2 aromatic carbocycles. The molecule has 0 fully saturated rings. The van der Waals surface area contributed by atoms with Crippen LogP contribution in [0.5, 0.6) is 0 Å². The van der Waals surface area contributed by atoms with E-state index in [1.165, 1.54) is 26.4 Å². The number of carbonyl (C=O) groups is 1. The van der Waals surface area contributed by atoms with Crippen molar-refractivity contribution in [2.75, 3.05) is 18.4 Å². The number of carbonyl (C=O) groups excluding carboxylic acids is 1. The maximum atomic E-state index is 12.9. The van der Waals surface area contributed by atoms with E-state index < -0.39 is 0 Å². The van der Waals surface area contributed by atoms with Crippen LogP contribution < -0.4 is 5.32 Å². The van der Waals surface area contributed by atoms with Crippen molar-refractivity contribution in [1.29, 1.82) is 0 Å². The van der Waals surface area contributed by atoms with Crippen LogP contribution >= 0.6 is 22.9 Å². The van der Waals surface area contributed by atoms with Crippen LogP contribution in [0.3, 0.4) is 0 Å². The molecule has 2 heterocycles. The second-order valence-corrected chi connectivity index (χ2v) is 9.56. The van der Waals surface area contributed by atoms with Gasteiger partial charge >= 0.3 is 0 Å². The van der Waals surface area contributed by atoms with Gasteiger partial charge in [0.05, 0.1) is 23.3 Å². The summed E-state index contributed by atoms with van der Waals surface area (Å²) in [6.45, 7) is 7.64. The molecule has 1 atom stereocenters. The number of fused-ring (bicyclic) bond motifs is 1. The van der Waals surface area contributed by atoms with Crippen molar-refractivity contribution in [3.05, 3.63) is 85.6 Å². The molecule has 30 heavy (non-hydrogen) atoms.